The Kier molecular flexibility index (Phi) is 7.26. The van der Waals surface area contributed by atoms with Gasteiger partial charge in [0.2, 0.25) is 0 Å². The highest BCUT2D eigenvalue weighted by Gasteiger charge is 2.24. The number of carbonyl (C=O) groups is 2. The molecule has 0 aromatic heterocycles. The van der Waals surface area contributed by atoms with Crippen molar-refractivity contribution in [2.45, 2.75) is 52.2 Å². The van der Waals surface area contributed by atoms with Crippen molar-refractivity contribution in [1.29, 1.82) is 0 Å². The lowest BCUT2D eigenvalue weighted by Gasteiger charge is -2.22. The molecule has 6 heteroatoms. The molecule has 0 radical (unpaired) electrons. The van der Waals surface area contributed by atoms with Gasteiger partial charge in [-0.3, -0.25) is 0 Å². The van der Waals surface area contributed by atoms with Gasteiger partial charge in [-0.25, -0.2) is 9.59 Å². The summed E-state index contributed by atoms with van der Waals surface area (Å²) in [6, 6.07) is 12.6. The Morgan fingerprint density at radius 3 is 2.28 bits per heavy atom. The Morgan fingerprint density at radius 2 is 1.76 bits per heavy atom. The molecule has 1 atom stereocenters. The van der Waals surface area contributed by atoms with Crippen molar-refractivity contribution < 1.29 is 24.2 Å². The molecule has 0 saturated carbocycles. The van der Waals surface area contributed by atoms with E-state index >= 15 is 0 Å². The van der Waals surface area contributed by atoms with Gasteiger partial charge in [0, 0.05) is 6.42 Å². The molecule has 0 aliphatic carbocycles. The second-order valence-electron chi connectivity index (χ2n) is 7.81. The fourth-order valence-electron chi connectivity index (χ4n) is 2.98. The van der Waals surface area contributed by atoms with Gasteiger partial charge < -0.3 is 19.9 Å². The van der Waals surface area contributed by atoms with Gasteiger partial charge >= 0.3 is 12.1 Å². The summed E-state index contributed by atoms with van der Waals surface area (Å²) in [5.41, 5.74) is 3.45. The summed E-state index contributed by atoms with van der Waals surface area (Å²) in [7, 11) is 1.65. The summed E-state index contributed by atoms with van der Waals surface area (Å²) in [5, 5.41) is 11.9. The third kappa shape index (κ3) is 6.52. The number of ether oxygens (including phenoxy) is 2. The topological polar surface area (TPSA) is 84.9 Å². The Bertz CT molecular complexity index is 853. The van der Waals surface area contributed by atoms with Crippen molar-refractivity contribution in [2.24, 2.45) is 0 Å². The maximum absolute atomic E-state index is 11.9. The highest BCUT2D eigenvalue weighted by Crippen LogP contribution is 2.28. The number of hydrogen-bond donors (Lipinski definition) is 2. The molecule has 2 N–H and O–H groups in total. The van der Waals surface area contributed by atoms with E-state index in [0.29, 0.717) is 0 Å². The largest absolute Gasteiger partial charge is 0.497 e. The number of methoxy groups -OCH3 is 1. The number of alkyl carbamates (subject to hydrolysis) is 1. The number of hydrogen-bond acceptors (Lipinski definition) is 4. The molecule has 2 aromatic carbocycles. The van der Waals surface area contributed by atoms with Crippen molar-refractivity contribution in [3.63, 3.8) is 0 Å². The first-order chi connectivity index (χ1) is 13.6. The standard InChI is InChI=1S/C23H29NO5/c1-6-16-14-18(28-5)11-12-19(16)17-9-7-15(8-10-17)13-20(21(25)26)24-22(27)29-23(2,3)4/h7-12,14,20H,6,13H2,1-5H3,(H,24,27)(H,25,26). The van der Waals surface area contributed by atoms with Crippen LogP contribution in [-0.2, 0) is 22.4 Å². The van der Waals surface area contributed by atoms with Crippen molar-refractivity contribution in [2.75, 3.05) is 7.11 Å². The number of nitrogens with one attached hydrogen (secondary N) is 1. The Hall–Kier alpha value is -3.02. The summed E-state index contributed by atoms with van der Waals surface area (Å²) >= 11 is 0. The SMILES string of the molecule is CCc1cc(OC)ccc1-c1ccc(CC(NC(=O)OC(C)(C)C)C(=O)O)cc1. The molecule has 1 unspecified atom stereocenters. The molecule has 0 spiro atoms. The average Bonchev–Trinajstić information content (AvgIpc) is 2.66. The molecule has 0 aliphatic heterocycles. The molecule has 0 heterocycles. The monoisotopic (exact) mass is 399 g/mol. The van der Waals surface area contributed by atoms with Crippen LogP contribution < -0.4 is 10.1 Å². The van der Waals surface area contributed by atoms with E-state index in [1.807, 2.05) is 42.5 Å². The van der Waals surface area contributed by atoms with Crippen LogP contribution in [0.4, 0.5) is 4.79 Å². The van der Waals surface area contributed by atoms with Gasteiger partial charge in [0.1, 0.15) is 17.4 Å². The van der Waals surface area contributed by atoms with E-state index in [9.17, 15) is 14.7 Å². The van der Waals surface area contributed by atoms with E-state index in [1.54, 1.807) is 27.9 Å². The molecule has 0 fully saturated rings. The maximum atomic E-state index is 11.9. The van der Waals surface area contributed by atoms with E-state index in [2.05, 4.69) is 12.2 Å². The van der Waals surface area contributed by atoms with Crippen molar-refractivity contribution in [1.82, 2.24) is 5.32 Å². The number of aliphatic carboxylic acids is 1. The zero-order valence-corrected chi connectivity index (χ0v) is 17.6. The Labute approximate surface area is 171 Å². The smallest absolute Gasteiger partial charge is 0.408 e. The summed E-state index contributed by atoms with van der Waals surface area (Å²) in [6.07, 6.45) is 0.292. The van der Waals surface area contributed by atoms with E-state index in [4.69, 9.17) is 9.47 Å². The molecule has 0 aliphatic rings. The first kappa shape index (κ1) is 22.3. The summed E-state index contributed by atoms with van der Waals surface area (Å²) in [4.78, 5) is 23.5. The molecule has 0 saturated heterocycles. The fraction of sp³-hybridized carbons (Fsp3) is 0.391. The number of benzene rings is 2. The van der Waals surface area contributed by atoms with Crippen LogP contribution in [0.1, 0.15) is 38.8 Å². The highest BCUT2D eigenvalue weighted by molar-refractivity contribution is 5.80. The molecule has 1 amide bonds. The van der Waals surface area contributed by atoms with Crippen LogP contribution in [0.15, 0.2) is 42.5 Å². The molecule has 0 bridgehead atoms. The van der Waals surface area contributed by atoms with Gasteiger partial charge in [-0.2, -0.15) is 0 Å². The summed E-state index contributed by atoms with van der Waals surface area (Å²) < 4.78 is 10.4. The number of aryl methyl sites for hydroxylation is 1. The first-order valence-corrected chi connectivity index (χ1v) is 9.61. The average molecular weight is 399 g/mol. The van der Waals surface area contributed by atoms with Gasteiger partial charge in [-0.05, 0) is 61.6 Å². The minimum atomic E-state index is -1.11. The lowest BCUT2D eigenvalue weighted by molar-refractivity contribution is -0.139. The van der Waals surface area contributed by atoms with E-state index in [-0.39, 0.29) is 6.42 Å². The lowest BCUT2D eigenvalue weighted by atomic mass is 9.96. The van der Waals surface area contributed by atoms with Gasteiger partial charge in [0.25, 0.3) is 0 Å². The zero-order chi connectivity index (χ0) is 21.6. The fourth-order valence-corrected chi connectivity index (χ4v) is 2.98. The summed E-state index contributed by atoms with van der Waals surface area (Å²) in [5.74, 6) is -0.289. The number of rotatable bonds is 7. The van der Waals surface area contributed by atoms with Crippen molar-refractivity contribution >= 4 is 12.1 Å². The van der Waals surface area contributed by atoms with Crippen LogP contribution in [0.25, 0.3) is 11.1 Å². The van der Waals surface area contributed by atoms with Crippen LogP contribution in [0, 0.1) is 0 Å². The second-order valence-corrected chi connectivity index (χ2v) is 7.81. The number of carbonyl (C=O) groups excluding carboxylic acids is 1. The lowest BCUT2D eigenvalue weighted by Crippen LogP contribution is -2.44. The van der Waals surface area contributed by atoms with E-state index in [1.165, 1.54) is 5.56 Å². The minimum Gasteiger partial charge on any atom is -0.497 e. The van der Waals surface area contributed by atoms with Crippen molar-refractivity contribution in [3.05, 3.63) is 53.6 Å². The predicted molar refractivity (Wildman–Crippen MR) is 112 cm³/mol. The summed E-state index contributed by atoms with van der Waals surface area (Å²) in [6.45, 7) is 7.27. The van der Waals surface area contributed by atoms with Crippen LogP contribution >= 0.6 is 0 Å². The molecule has 156 valence electrons. The van der Waals surface area contributed by atoms with E-state index in [0.717, 1.165) is 28.9 Å². The zero-order valence-electron chi connectivity index (χ0n) is 17.6. The number of carboxylic acids is 1. The quantitative estimate of drug-likeness (QED) is 0.719. The van der Waals surface area contributed by atoms with Crippen molar-refractivity contribution in [3.8, 4) is 16.9 Å². The van der Waals surface area contributed by atoms with Gasteiger partial charge in [-0.1, -0.05) is 37.3 Å². The predicted octanol–water partition coefficient (Wildman–Crippen LogP) is 4.45. The first-order valence-electron chi connectivity index (χ1n) is 9.61. The Morgan fingerprint density at radius 1 is 1.10 bits per heavy atom. The third-order valence-corrected chi connectivity index (χ3v) is 4.39. The van der Waals surface area contributed by atoms with Gasteiger partial charge in [0.05, 0.1) is 7.11 Å². The van der Waals surface area contributed by atoms with Gasteiger partial charge in [-0.15, -0.1) is 0 Å². The number of carboxylic acid groups (broad SMARTS) is 1. The Balaban J connectivity index is 2.14. The molecular weight excluding hydrogens is 370 g/mol. The minimum absolute atomic E-state index is 0.165. The third-order valence-electron chi connectivity index (χ3n) is 4.39. The van der Waals surface area contributed by atoms with Gasteiger partial charge in [0.15, 0.2) is 0 Å². The molecule has 29 heavy (non-hydrogen) atoms. The van der Waals surface area contributed by atoms with Crippen LogP contribution in [0.2, 0.25) is 0 Å². The highest BCUT2D eigenvalue weighted by atomic mass is 16.6. The van der Waals surface area contributed by atoms with E-state index < -0.39 is 23.7 Å². The molecular formula is C23H29NO5. The molecule has 6 nitrogen and oxygen atoms in total. The molecule has 2 aromatic rings. The van der Waals surface area contributed by atoms with Crippen LogP contribution in [-0.4, -0.2) is 35.9 Å². The number of amides is 1. The second kappa shape index (κ2) is 9.45. The normalized spacial score (nSPS) is 12.2. The maximum Gasteiger partial charge on any atom is 0.408 e. The van der Waals surface area contributed by atoms with Crippen LogP contribution in [0.5, 0.6) is 5.75 Å². The van der Waals surface area contributed by atoms with Crippen LogP contribution in [0.3, 0.4) is 0 Å². The molecule has 2 rings (SSSR count).